The summed E-state index contributed by atoms with van der Waals surface area (Å²) in [6.07, 6.45) is 0.203. The van der Waals surface area contributed by atoms with E-state index in [1.54, 1.807) is 19.2 Å². The van der Waals surface area contributed by atoms with E-state index < -0.39 is 6.10 Å². The molecular formula is C14H20ClNO3. The SMILES string of the molecule is COc1ccc(C(O)CCN2CCOCC2)cc1Cl. The molecule has 1 heterocycles. The van der Waals surface area contributed by atoms with Gasteiger partial charge in [-0.25, -0.2) is 0 Å². The Bertz CT molecular complexity index is 408. The van der Waals surface area contributed by atoms with Gasteiger partial charge in [-0.1, -0.05) is 17.7 Å². The van der Waals surface area contributed by atoms with Crippen molar-refractivity contribution in [3.05, 3.63) is 28.8 Å². The lowest BCUT2D eigenvalue weighted by molar-refractivity contribution is 0.0300. The average molecular weight is 286 g/mol. The van der Waals surface area contributed by atoms with Gasteiger partial charge in [-0.05, 0) is 24.1 Å². The van der Waals surface area contributed by atoms with E-state index in [-0.39, 0.29) is 0 Å². The zero-order valence-corrected chi connectivity index (χ0v) is 11.9. The summed E-state index contributed by atoms with van der Waals surface area (Å²) in [6, 6.07) is 5.41. The van der Waals surface area contributed by atoms with Crippen molar-refractivity contribution in [3.63, 3.8) is 0 Å². The highest BCUT2D eigenvalue weighted by Crippen LogP contribution is 2.28. The van der Waals surface area contributed by atoms with Crippen LogP contribution >= 0.6 is 11.6 Å². The zero-order chi connectivity index (χ0) is 13.7. The fraction of sp³-hybridized carbons (Fsp3) is 0.571. The Kier molecular flexibility index (Phi) is 5.45. The summed E-state index contributed by atoms with van der Waals surface area (Å²) in [7, 11) is 1.58. The van der Waals surface area contributed by atoms with E-state index in [1.165, 1.54) is 0 Å². The summed E-state index contributed by atoms with van der Waals surface area (Å²) in [5.74, 6) is 0.630. The topological polar surface area (TPSA) is 41.9 Å². The molecule has 0 bridgehead atoms. The van der Waals surface area contributed by atoms with Gasteiger partial charge in [0.1, 0.15) is 5.75 Å². The molecule has 1 aliphatic rings. The molecule has 0 saturated carbocycles. The van der Waals surface area contributed by atoms with Crippen LogP contribution in [0.5, 0.6) is 5.75 Å². The third-order valence-corrected chi connectivity index (χ3v) is 3.68. The number of benzene rings is 1. The van der Waals surface area contributed by atoms with Crippen molar-refractivity contribution >= 4 is 11.6 Å². The molecule has 1 atom stereocenters. The van der Waals surface area contributed by atoms with Gasteiger partial charge in [0.2, 0.25) is 0 Å². The largest absolute Gasteiger partial charge is 0.495 e. The molecule has 1 aliphatic heterocycles. The first-order valence-electron chi connectivity index (χ1n) is 6.52. The Morgan fingerprint density at radius 1 is 1.42 bits per heavy atom. The maximum absolute atomic E-state index is 10.2. The van der Waals surface area contributed by atoms with Crippen LogP contribution in [0.2, 0.25) is 5.02 Å². The second kappa shape index (κ2) is 7.10. The van der Waals surface area contributed by atoms with E-state index in [0.29, 0.717) is 17.2 Å². The zero-order valence-electron chi connectivity index (χ0n) is 11.1. The molecule has 4 nitrogen and oxygen atoms in total. The Labute approximate surface area is 118 Å². The predicted molar refractivity (Wildman–Crippen MR) is 74.8 cm³/mol. The smallest absolute Gasteiger partial charge is 0.137 e. The standard InChI is InChI=1S/C14H20ClNO3/c1-18-14-3-2-11(10-12(14)15)13(17)4-5-16-6-8-19-9-7-16/h2-3,10,13,17H,4-9H2,1H3. The number of rotatable bonds is 5. The number of nitrogens with zero attached hydrogens (tertiary/aromatic N) is 1. The first-order valence-corrected chi connectivity index (χ1v) is 6.90. The quantitative estimate of drug-likeness (QED) is 0.900. The third-order valence-electron chi connectivity index (χ3n) is 3.38. The molecule has 1 aromatic carbocycles. The lowest BCUT2D eigenvalue weighted by atomic mass is 10.1. The van der Waals surface area contributed by atoms with Gasteiger partial charge in [0.25, 0.3) is 0 Å². The van der Waals surface area contributed by atoms with Crippen LogP contribution in [0.15, 0.2) is 18.2 Å². The van der Waals surface area contributed by atoms with Crippen molar-refractivity contribution in [2.45, 2.75) is 12.5 Å². The van der Waals surface area contributed by atoms with Gasteiger partial charge in [0, 0.05) is 19.6 Å². The monoisotopic (exact) mass is 285 g/mol. The average Bonchev–Trinajstić information content (AvgIpc) is 2.45. The van der Waals surface area contributed by atoms with Crippen molar-refractivity contribution < 1.29 is 14.6 Å². The molecule has 0 aromatic heterocycles. The maximum Gasteiger partial charge on any atom is 0.137 e. The highest BCUT2D eigenvalue weighted by atomic mass is 35.5. The molecule has 5 heteroatoms. The molecule has 0 radical (unpaired) electrons. The van der Waals surface area contributed by atoms with E-state index in [0.717, 1.165) is 38.4 Å². The van der Waals surface area contributed by atoms with Crippen molar-refractivity contribution in [1.82, 2.24) is 4.90 Å². The minimum Gasteiger partial charge on any atom is -0.495 e. The predicted octanol–water partition coefficient (Wildman–Crippen LogP) is 2.10. The first-order chi connectivity index (χ1) is 9.20. The van der Waals surface area contributed by atoms with Gasteiger partial charge in [-0.3, -0.25) is 4.90 Å². The van der Waals surface area contributed by atoms with Gasteiger partial charge in [0.05, 0.1) is 31.5 Å². The molecule has 1 N–H and O–H groups in total. The Hall–Kier alpha value is -0.810. The molecule has 1 fully saturated rings. The molecule has 0 spiro atoms. The van der Waals surface area contributed by atoms with Gasteiger partial charge >= 0.3 is 0 Å². The number of methoxy groups -OCH3 is 1. The van der Waals surface area contributed by atoms with Crippen molar-refractivity contribution in [1.29, 1.82) is 0 Å². The summed E-state index contributed by atoms with van der Waals surface area (Å²) < 4.78 is 10.4. The summed E-state index contributed by atoms with van der Waals surface area (Å²) in [5, 5.41) is 10.7. The van der Waals surface area contributed by atoms with Crippen molar-refractivity contribution in [2.75, 3.05) is 40.0 Å². The summed E-state index contributed by atoms with van der Waals surface area (Å²) in [6.45, 7) is 4.31. The number of hydrogen-bond acceptors (Lipinski definition) is 4. The van der Waals surface area contributed by atoms with Crippen LogP contribution in [-0.2, 0) is 4.74 Å². The second-order valence-electron chi connectivity index (χ2n) is 4.65. The van der Waals surface area contributed by atoms with E-state index in [2.05, 4.69) is 4.90 Å². The van der Waals surface area contributed by atoms with Gasteiger partial charge < -0.3 is 14.6 Å². The Morgan fingerprint density at radius 3 is 2.79 bits per heavy atom. The molecule has 0 aliphatic carbocycles. The number of hydrogen-bond donors (Lipinski definition) is 1. The third kappa shape index (κ3) is 4.08. The molecular weight excluding hydrogens is 266 g/mol. The van der Waals surface area contributed by atoms with Gasteiger partial charge in [-0.2, -0.15) is 0 Å². The first kappa shape index (κ1) is 14.6. The van der Waals surface area contributed by atoms with Crippen LogP contribution in [0.25, 0.3) is 0 Å². The highest BCUT2D eigenvalue weighted by molar-refractivity contribution is 6.32. The summed E-state index contributed by atoms with van der Waals surface area (Å²) in [5.41, 5.74) is 0.832. The number of ether oxygens (including phenoxy) is 2. The van der Waals surface area contributed by atoms with Crippen LogP contribution < -0.4 is 4.74 Å². The summed E-state index contributed by atoms with van der Waals surface area (Å²) >= 11 is 6.06. The van der Waals surface area contributed by atoms with Crippen molar-refractivity contribution in [2.24, 2.45) is 0 Å². The molecule has 19 heavy (non-hydrogen) atoms. The molecule has 1 aromatic rings. The molecule has 0 amide bonds. The van der Waals surface area contributed by atoms with E-state index in [9.17, 15) is 5.11 Å². The molecule has 1 unspecified atom stereocenters. The van der Waals surface area contributed by atoms with Crippen molar-refractivity contribution in [3.8, 4) is 5.75 Å². The van der Waals surface area contributed by atoms with Gasteiger partial charge in [-0.15, -0.1) is 0 Å². The number of halogens is 1. The van der Waals surface area contributed by atoms with E-state index >= 15 is 0 Å². The van der Waals surface area contributed by atoms with Gasteiger partial charge in [0.15, 0.2) is 0 Å². The van der Waals surface area contributed by atoms with Crippen LogP contribution in [0.3, 0.4) is 0 Å². The number of aliphatic hydroxyl groups excluding tert-OH is 1. The Morgan fingerprint density at radius 2 is 2.16 bits per heavy atom. The number of aliphatic hydroxyl groups is 1. The van der Waals surface area contributed by atoms with Crippen LogP contribution in [0.1, 0.15) is 18.1 Å². The summed E-state index contributed by atoms with van der Waals surface area (Å²) in [4.78, 5) is 2.30. The maximum atomic E-state index is 10.2. The Balaban J connectivity index is 1.88. The lowest BCUT2D eigenvalue weighted by Crippen LogP contribution is -2.37. The van der Waals surface area contributed by atoms with Crippen LogP contribution in [0, 0.1) is 0 Å². The molecule has 106 valence electrons. The van der Waals surface area contributed by atoms with E-state index in [1.807, 2.05) is 6.07 Å². The van der Waals surface area contributed by atoms with Crippen LogP contribution in [-0.4, -0.2) is 50.0 Å². The fourth-order valence-electron chi connectivity index (χ4n) is 2.19. The van der Waals surface area contributed by atoms with Crippen LogP contribution in [0.4, 0.5) is 0 Å². The molecule has 2 rings (SSSR count). The minimum atomic E-state index is -0.494. The minimum absolute atomic E-state index is 0.494. The fourth-order valence-corrected chi connectivity index (χ4v) is 2.45. The number of morpholine rings is 1. The molecule has 1 saturated heterocycles. The lowest BCUT2D eigenvalue weighted by Gasteiger charge is -2.27. The second-order valence-corrected chi connectivity index (χ2v) is 5.06. The highest BCUT2D eigenvalue weighted by Gasteiger charge is 2.14. The van der Waals surface area contributed by atoms with E-state index in [4.69, 9.17) is 21.1 Å². The normalized spacial score (nSPS) is 18.3.